The largest absolute Gasteiger partial charge is 0.395 e. The number of nitrogen functional groups attached to an aromatic ring is 1. The number of aromatic nitrogens is 6. The standard InChI is InChI=1S/C30H42N8O4/c1-29(2,13-39)17-6-7-19-20(11-17)37-22(36-19)8-5-16-9-18(10-16)30(3,4)35-12-21-24(40)25(41)28(42-21)38-15-34-23-26(31)32-14-33-27(23)38/h6-7,11,14-16,18,21,24-25,28,35,39-41H,5,8-10,12-13H2,1-4H3,(H,36,37)(H2,31,32,33)/t16?,18?,21-,24-,25-,28-/m1/s1. The van der Waals surface area contributed by atoms with Gasteiger partial charge < -0.3 is 36.1 Å². The number of aryl methyl sites for hydroxylation is 1. The minimum atomic E-state index is -1.13. The Labute approximate surface area is 244 Å². The first kappa shape index (κ1) is 28.9. The van der Waals surface area contributed by atoms with Crippen LogP contribution in [0.15, 0.2) is 30.9 Å². The second-order valence-electron chi connectivity index (χ2n) is 13.3. The Morgan fingerprint density at radius 3 is 2.67 bits per heavy atom. The van der Waals surface area contributed by atoms with Crippen LogP contribution in [0, 0.1) is 11.8 Å². The van der Waals surface area contributed by atoms with Crippen LogP contribution < -0.4 is 11.1 Å². The summed E-state index contributed by atoms with van der Waals surface area (Å²) in [4.78, 5) is 20.7. The van der Waals surface area contributed by atoms with Crippen molar-refractivity contribution in [1.29, 1.82) is 0 Å². The van der Waals surface area contributed by atoms with Gasteiger partial charge in [-0.25, -0.2) is 19.9 Å². The first-order valence-electron chi connectivity index (χ1n) is 14.8. The van der Waals surface area contributed by atoms with Gasteiger partial charge in [0.2, 0.25) is 0 Å². The van der Waals surface area contributed by atoms with Crippen LogP contribution in [0.3, 0.4) is 0 Å². The van der Waals surface area contributed by atoms with Gasteiger partial charge in [0.1, 0.15) is 36.0 Å². The Morgan fingerprint density at radius 2 is 1.90 bits per heavy atom. The van der Waals surface area contributed by atoms with Crippen molar-refractivity contribution in [2.24, 2.45) is 11.8 Å². The molecule has 0 radical (unpaired) electrons. The van der Waals surface area contributed by atoms with Crippen molar-refractivity contribution >= 4 is 28.0 Å². The topological polar surface area (TPSA) is 180 Å². The molecule has 4 atom stereocenters. The average Bonchev–Trinajstić information content (AvgIpc) is 3.62. The minimum absolute atomic E-state index is 0.0962. The smallest absolute Gasteiger partial charge is 0.167 e. The molecule has 2 aliphatic rings. The van der Waals surface area contributed by atoms with Gasteiger partial charge in [-0.05, 0) is 62.6 Å². The van der Waals surface area contributed by atoms with Crippen molar-refractivity contribution in [2.45, 2.75) is 88.9 Å². The number of aliphatic hydroxyl groups is 3. The van der Waals surface area contributed by atoms with Gasteiger partial charge in [0, 0.05) is 23.9 Å². The number of hydrogen-bond donors (Lipinski definition) is 6. The number of hydrogen-bond acceptors (Lipinski definition) is 10. The molecule has 1 saturated carbocycles. The predicted molar refractivity (Wildman–Crippen MR) is 158 cm³/mol. The number of ether oxygens (including phenoxy) is 1. The molecule has 0 spiro atoms. The van der Waals surface area contributed by atoms with E-state index in [0.717, 1.165) is 48.1 Å². The zero-order valence-corrected chi connectivity index (χ0v) is 24.7. The molecule has 1 saturated heterocycles. The van der Waals surface area contributed by atoms with E-state index in [0.29, 0.717) is 29.5 Å². The molecule has 0 amide bonds. The quantitative estimate of drug-likeness (QED) is 0.163. The highest BCUT2D eigenvalue weighted by Crippen LogP contribution is 2.43. The first-order valence-corrected chi connectivity index (χ1v) is 14.8. The number of nitrogens with two attached hydrogens (primary N) is 1. The molecule has 1 aromatic carbocycles. The number of imidazole rings is 2. The zero-order chi connectivity index (χ0) is 29.8. The molecule has 226 valence electrons. The number of rotatable bonds is 10. The van der Waals surface area contributed by atoms with Crippen LogP contribution in [0.5, 0.6) is 0 Å². The minimum Gasteiger partial charge on any atom is -0.395 e. The molecule has 42 heavy (non-hydrogen) atoms. The van der Waals surface area contributed by atoms with Crippen LogP contribution in [0.1, 0.15) is 64.6 Å². The summed E-state index contributed by atoms with van der Waals surface area (Å²) in [6, 6.07) is 6.18. The molecule has 3 aromatic heterocycles. The lowest BCUT2D eigenvalue weighted by molar-refractivity contribution is -0.0378. The first-order chi connectivity index (χ1) is 20.0. The number of fused-ring (bicyclic) bond motifs is 2. The van der Waals surface area contributed by atoms with Gasteiger partial charge in [0.15, 0.2) is 17.7 Å². The van der Waals surface area contributed by atoms with Crippen LogP contribution in [0.25, 0.3) is 22.2 Å². The highest BCUT2D eigenvalue weighted by molar-refractivity contribution is 5.81. The van der Waals surface area contributed by atoms with Gasteiger partial charge in [0.25, 0.3) is 0 Å². The van der Waals surface area contributed by atoms with Crippen LogP contribution in [0.4, 0.5) is 5.82 Å². The average molecular weight is 579 g/mol. The van der Waals surface area contributed by atoms with E-state index in [-0.39, 0.29) is 23.4 Å². The van der Waals surface area contributed by atoms with Crippen molar-refractivity contribution in [3.63, 3.8) is 0 Å². The fourth-order valence-electron chi connectivity index (χ4n) is 6.29. The summed E-state index contributed by atoms with van der Waals surface area (Å²) < 4.78 is 7.70. The summed E-state index contributed by atoms with van der Waals surface area (Å²) in [6.07, 6.45) is 3.46. The van der Waals surface area contributed by atoms with Crippen molar-refractivity contribution in [2.75, 3.05) is 18.9 Å². The van der Waals surface area contributed by atoms with Crippen LogP contribution >= 0.6 is 0 Å². The van der Waals surface area contributed by atoms with Crippen LogP contribution in [-0.2, 0) is 16.6 Å². The summed E-state index contributed by atoms with van der Waals surface area (Å²) in [5, 5.41) is 34.9. The predicted octanol–water partition coefficient (Wildman–Crippen LogP) is 2.20. The van der Waals surface area contributed by atoms with Crippen molar-refractivity contribution in [3.8, 4) is 0 Å². The van der Waals surface area contributed by atoms with E-state index in [1.165, 1.54) is 12.7 Å². The van der Waals surface area contributed by atoms with Crippen LogP contribution in [0.2, 0.25) is 0 Å². The maximum Gasteiger partial charge on any atom is 0.167 e. The van der Waals surface area contributed by atoms with Gasteiger partial charge in [0.05, 0.1) is 24.0 Å². The number of nitrogens with zero attached hydrogens (tertiary/aromatic N) is 5. The van der Waals surface area contributed by atoms with Gasteiger partial charge in [-0.15, -0.1) is 0 Å². The third-order valence-electron chi connectivity index (χ3n) is 9.51. The Bertz CT molecular complexity index is 1560. The lowest BCUT2D eigenvalue weighted by atomic mass is 9.64. The second-order valence-corrected chi connectivity index (χ2v) is 13.3. The maximum absolute atomic E-state index is 10.8. The lowest BCUT2D eigenvalue weighted by Crippen LogP contribution is -2.54. The van der Waals surface area contributed by atoms with E-state index in [2.05, 4.69) is 51.2 Å². The molecule has 2 fully saturated rings. The molecular formula is C30H42N8O4. The normalized spacial score (nSPS) is 26.7. The van der Waals surface area contributed by atoms with E-state index in [9.17, 15) is 15.3 Å². The van der Waals surface area contributed by atoms with Crippen molar-refractivity contribution in [1.82, 2.24) is 34.8 Å². The number of aliphatic hydroxyl groups excluding tert-OH is 3. The molecule has 7 N–H and O–H groups in total. The third kappa shape index (κ3) is 5.26. The summed E-state index contributed by atoms with van der Waals surface area (Å²) >= 11 is 0. The van der Waals surface area contributed by atoms with E-state index < -0.39 is 24.5 Å². The molecule has 6 rings (SSSR count). The third-order valence-corrected chi connectivity index (χ3v) is 9.51. The monoisotopic (exact) mass is 578 g/mol. The van der Waals surface area contributed by atoms with Crippen molar-refractivity contribution < 1.29 is 20.1 Å². The zero-order valence-electron chi connectivity index (χ0n) is 24.7. The van der Waals surface area contributed by atoms with E-state index in [1.54, 1.807) is 4.57 Å². The molecule has 1 aliphatic carbocycles. The highest BCUT2D eigenvalue weighted by Gasteiger charge is 2.46. The van der Waals surface area contributed by atoms with Gasteiger partial charge in [-0.2, -0.15) is 0 Å². The number of nitrogens with one attached hydrogen (secondary N) is 2. The lowest BCUT2D eigenvalue weighted by Gasteiger charge is -2.46. The summed E-state index contributed by atoms with van der Waals surface area (Å²) in [7, 11) is 0. The van der Waals surface area contributed by atoms with E-state index >= 15 is 0 Å². The molecular weight excluding hydrogens is 536 g/mol. The Hall–Kier alpha value is -3.16. The fraction of sp³-hybridized carbons (Fsp3) is 0.600. The Kier molecular flexibility index (Phi) is 7.47. The van der Waals surface area contributed by atoms with Crippen molar-refractivity contribution in [3.05, 3.63) is 42.2 Å². The summed E-state index contributed by atoms with van der Waals surface area (Å²) in [6.45, 7) is 8.95. The van der Waals surface area contributed by atoms with Gasteiger partial charge in [-0.1, -0.05) is 19.9 Å². The summed E-state index contributed by atoms with van der Waals surface area (Å²) in [5.74, 6) is 2.39. The second kappa shape index (κ2) is 10.8. The highest BCUT2D eigenvalue weighted by atomic mass is 16.6. The Balaban J connectivity index is 1.000. The molecule has 0 bridgehead atoms. The Morgan fingerprint density at radius 1 is 1.12 bits per heavy atom. The van der Waals surface area contributed by atoms with Gasteiger partial charge in [-0.3, -0.25) is 4.57 Å². The maximum atomic E-state index is 10.8. The molecule has 12 nitrogen and oxygen atoms in total. The fourth-order valence-corrected chi connectivity index (χ4v) is 6.29. The number of H-pyrrole nitrogens is 1. The van der Waals surface area contributed by atoms with Crippen LogP contribution in [-0.4, -0.2) is 81.8 Å². The van der Waals surface area contributed by atoms with E-state index in [1.807, 2.05) is 19.9 Å². The SMILES string of the molecule is CC(C)(CO)c1ccc2nc(CCC3CC(C(C)(C)NC[C@H]4O[C@@H](n5cnc6c(N)ncnc65)[C@H](O)[C@@H]4O)C3)[nH]c2c1. The van der Waals surface area contributed by atoms with Gasteiger partial charge >= 0.3 is 0 Å². The van der Waals surface area contributed by atoms with E-state index in [4.69, 9.17) is 15.5 Å². The number of aromatic amines is 1. The number of benzene rings is 1. The molecule has 1 aliphatic heterocycles. The molecule has 4 heterocycles. The summed E-state index contributed by atoms with van der Waals surface area (Å²) in [5.41, 5.74) is 9.41. The molecule has 0 unspecified atom stereocenters. The molecule has 4 aromatic rings. The number of anilines is 1. The molecule has 12 heteroatoms.